The zero-order chi connectivity index (χ0) is 17.2. The number of anilines is 2. The van der Waals surface area contributed by atoms with Crippen LogP contribution in [0.25, 0.3) is 20.8 Å². The number of carbonyl (C=O) groups is 1. The second-order valence-corrected chi connectivity index (χ2v) is 6.55. The third-order valence-electron chi connectivity index (χ3n) is 3.61. The van der Waals surface area contributed by atoms with Gasteiger partial charge in [-0.25, -0.2) is 9.78 Å². The summed E-state index contributed by atoms with van der Waals surface area (Å²) in [5, 5.41) is 9.77. The van der Waals surface area contributed by atoms with E-state index in [0.29, 0.717) is 11.6 Å². The normalized spacial score (nSPS) is 10.8. The van der Waals surface area contributed by atoms with E-state index >= 15 is 0 Å². The van der Waals surface area contributed by atoms with Crippen molar-refractivity contribution in [3.05, 3.63) is 60.3 Å². The van der Waals surface area contributed by atoms with Gasteiger partial charge in [0.25, 0.3) is 0 Å². The third-order valence-corrected chi connectivity index (χ3v) is 4.68. The molecule has 0 unspecified atom stereocenters. The maximum Gasteiger partial charge on any atom is 0.326 e. The van der Waals surface area contributed by atoms with Crippen molar-refractivity contribution in [1.29, 1.82) is 0 Å². The predicted molar refractivity (Wildman–Crippen MR) is 98.9 cm³/mol. The molecular weight excluding hydrogens is 336 g/mol. The van der Waals surface area contributed by atoms with Crippen molar-refractivity contribution in [3.8, 4) is 10.6 Å². The first-order chi connectivity index (χ1) is 12.2. The van der Waals surface area contributed by atoms with E-state index in [-0.39, 0.29) is 6.03 Å². The molecule has 0 radical (unpaired) electrons. The molecule has 2 aromatic heterocycles. The van der Waals surface area contributed by atoms with Crippen LogP contribution in [-0.4, -0.2) is 16.2 Å². The Bertz CT molecular complexity index is 1020. The Kier molecular flexibility index (Phi) is 3.91. The second kappa shape index (κ2) is 6.37. The molecule has 0 fully saturated rings. The van der Waals surface area contributed by atoms with Gasteiger partial charge in [0.05, 0.1) is 16.4 Å². The van der Waals surface area contributed by atoms with Gasteiger partial charge in [0.1, 0.15) is 5.01 Å². The molecule has 0 bridgehead atoms. The fourth-order valence-corrected chi connectivity index (χ4v) is 3.48. The standard InChI is InChI=1S/C18H14N4O2S/c1-11-2-7-14-15(10-11)25-17(21-14)12-3-5-13(6-4-12)20-18(23)22-16-8-9-19-24-16/h2-10H,1H3,(H2,20,22,23). The van der Waals surface area contributed by atoms with Crippen LogP contribution in [0.4, 0.5) is 16.4 Å². The van der Waals surface area contributed by atoms with Crippen molar-refractivity contribution >= 4 is 39.2 Å². The number of nitrogens with one attached hydrogen (secondary N) is 2. The summed E-state index contributed by atoms with van der Waals surface area (Å²) in [6.45, 7) is 2.07. The minimum Gasteiger partial charge on any atom is -0.338 e. The van der Waals surface area contributed by atoms with Crippen LogP contribution in [0.1, 0.15) is 5.56 Å². The maximum absolute atomic E-state index is 11.9. The lowest BCUT2D eigenvalue weighted by atomic mass is 10.2. The average Bonchev–Trinajstić information content (AvgIpc) is 3.24. The maximum atomic E-state index is 11.9. The minimum absolute atomic E-state index is 0.291. The van der Waals surface area contributed by atoms with Gasteiger partial charge in [-0.2, -0.15) is 0 Å². The fraction of sp³-hybridized carbons (Fsp3) is 0.0556. The van der Waals surface area contributed by atoms with Crippen LogP contribution in [0.15, 0.2) is 59.3 Å². The Morgan fingerprint density at radius 2 is 1.92 bits per heavy atom. The van der Waals surface area contributed by atoms with Gasteiger partial charge >= 0.3 is 6.03 Å². The number of fused-ring (bicyclic) bond motifs is 1. The highest BCUT2D eigenvalue weighted by Crippen LogP contribution is 2.31. The van der Waals surface area contributed by atoms with E-state index in [1.807, 2.05) is 30.3 Å². The predicted octanol–water partition coefficient (Wildman–Crippen LogP) is 4.90. The zero-order valence-electron chi connectivity index (χ0n) is 13.3. The van der Waals surface area contributed by atoms with E-state index in [0.717, 1.165) is 16.1 Å². The lowest BCUT2D eigenvalue weighted by Crippen LogP contribution is -2.18. The SMILES string of the molecule is Cc1ccc2nc(-c3ccc(NC(=O)Nc4ccno4)cc3)sc2c1. The highest BCUT2D eigenvalue weighted by molar-refractivity contribution is 7.21. The van der Waals surface area contributed by atoms with Crippen LogP contribution in [-0.2, 0) is 0 Å². The number of urea groups is 1. The minimum atomic E-state index is -0.389. The molecule has 0 spiro atoms. The summed E-state index contributed by atoms with van der Waals surface area (Å²) in [4.78, 5) is 16.5. The number of carbonyl (C=O) groups excluding carboxylic acids is 1. The number of hydrogen-bond donors (Lipinski definition) is 2. The smallest absolute Gasteiger partial charge is 0.326 e. The largest absolute Gasteiger partial charge is 0.338 e. The summed E-state index contributed by atoms with van der Waals surface area (Å²) >= 11 is 1.66. The van der Waals surface area contributed by atoms with Crippen LogP contribution in [0.5, 0.6) is 0 Å². The van der Waals surface area contributed by atoms with E-state index in [1.165, 1.54) is 16.5 Å². The van der Waals surface area contributed by atoms with E-state index in [1.54, 1.807) is 17.4 Å². The second-order valence-electron chi connectivity index (χ2n) is 5.52. The van der Waals surface area contributed by atoms with Crippen molar-refractivity contribution in [2.24, 2.45) is 0 Å². The molecule has 2 aromatic carbocycles. The lowest BCUT2D eigenvalue weighted by molar-refractivity contribution is 0.261. The Balaban J connectivity index is 1.50. The average molecular weight is 350 g/mol. The molecule has 25 heavy (non-hydrogen) atoms. The number of thiazole rings is 1. The Morgan fingerprint density at radius 1 is 1.08 bits per heavy atom. The number of rotatable bonds is 3. The van der Waals surface area contributed by atoms with Gasteiger partial charge in [-0.1, -0.05) is 11.2 Å². The molecule has 0 saturated carbocycles. The summed E-state index contributed by atoms with van der Waals surface area (Å²) in [6, 6.07) is 15.0. The van der Waals surface area contributed by atoms with Crippen molar-refractivity contribution in [2.45, 2.75) is 6.92 Å². The first-order valence-corrected chi connectivity index (χ1v) is 8.45. The topological polar surface area (TPSA) is 80.0 Å². The highest BCUT2D eigenvalue weighted by Gasteiger charge is 2.08. The van der Waals surface area contributed by atoms with Gasteiger partial charge in [-0.05, 0) is 48.9 Å². The molecule has 2 N–H and O–H groups in total. The van der Waals surface area contributed by atoms with Gasteiger partial charge < -0.3 is 9.84 Å². The van der Waals surface area contributed by atoms with Crippen molar-refractivity contribution in [1.82, 2.24) is 10.1 Å². The molecule has 0 aliphatic rings. The number of benzene rings is 2. The van der Waals surface area contributed by atoms with Gasteiger partial charge in [-0.3, -0.25) is 5.32 Å². The van der Waals surface area contributed by atoms with Crippen LogP contribution >= 0.6 is 11.3 Å². The third kappa shape index (κ3) is 3.36. The van der Waals surface area contributed by atoms with Crippen LogP contribution in [0.2, 0.25) is 0 Å². The molecule has 0 atom stereocenters. The van der Waals surface area contributed by atoms with Crippen LogP contribution < -0.4 is 10.6 Å². The molecule has 4 aromatic rings. The number of hydrogen-bond acceptors (Lipinski definition) is 5. The molecule has 0 aliphatic heterocycles. The summed E-state index contributed by atoms with van der Waals surface area (Å²) in [5.41, 5.74) is 3.91. The molecule has 0 aliphatic carbocycles. The number of amides is 2. The zero-order valence-corrected chi connectivity index (χ0v) is 14.1. The monoisotopic (exact) mass is 350 g/mol. The highest BCUT2D eigenvalue weighted by atomic mass is 32.1. The number of aryl methyl sites for hydroxylation is 1. The van der Waals surface area contributed by atoms with Gasteiger partial charge in [0.2, 0.25) is 5.88 Å². The summed E-state index contributed by atoms with van der Waals surface area (Å²) in [7, 11) is 0. The molecule has 124 valence electrons. The molecule has 6 nitrogen and oxygen atoms in total. The molecular formula is C18H14N4O2S. The molecule has 2 amide bonds. The van der Waals surface area contributed by atoms with Gasteiger partial charge in [0, 0.05) is 17.3 Å². The van der Waals surface area contributed by atoms with Crippen LogP contribution in [0.3, 0.4) is 0 Å². The molecule has 7 heteroatoms. The van der Waals surface area contributed by atoms with E-state index in [2.05, 4.69) is 39.8 Å². The van der Waals surface area contributed by atoms with Crippen molar-refractivity contribution in [3.63, 3.8) is 0 Å². The fourth-order valence-electron chi connectivity index (χ4n) is 2.41. The number of nitrogens with zero attached hydrogens (tertiary/aromatic N) is 2. The Labute approximate surface area is 147 Å². The summed E-state index contributed by atoms with van der Waals surface area (Å²) in [5.74, 6) is 0.291. The van der Waals surface area contributed by atoms with Crippen molar-refractivity contribution < 1.29 is 9.32 Å². The molecule has 2 heterocycles. The molecule has 0 saturated heterocycles. The lowest BCUT2D eigenvalue weighted by Gasteiger charge is -2.05. The molecule has 4 rings (SSSR count). The Morgan fingerprint density at radius 3 is 2.68 bits per heavy atom. The van der Waals surface area contributed by atoms with E-state index in [9.17, 15) is 4.79 Å². The Hall–Kier alpha value is -3.19. The van der Waals surface area contributed by atoms with Gasteiger partial charge in [-0.15, -0.1) is 11.3 Å². The number of aromatic nitrogens is 2. The summed E-state index contributed by atoms with van der Waals surface area (Å²) in [6.07, 6.45) is 1.46. The van der Waals surface area contributed by atoms with E-state index < -0.39 is 0 Å². The summed E-state index contributed by atoms with van der Waals surface area (Å²) < 4.78 is 6.00. The van der Waals surface area contributed by atoms with Crippen LogP contribution in [0, 0.1) is 6.92 Å². The quantitative estimate of drug-likeness (QED) is 0.550. The van der Waals surface area contributed by atoms with Crippen molar-refractivity contribution in [2.75, 3.05) is 10.6 Å². The van der Waals surface area contributed by atoms with E-state index in [4.69, 9.17) is 4.52 Å². The first kappa shape index (κ1) is 15.3. The van der Waals surface area contributed by atoms with Gasteiger partial charge in [0.15, 0.2) is 0 Å². The first-order valence-electron chi connectivity index (χ1n) is 7.64.